The quantitative estimate of drug-likeness (QED) is 0.612. The smallest absolute Gasteiger partial charge is 0.225 e. The molecule has 1 saturated carbocycles. The normalized spacial score (nSPS) is 20.9. The minimum absolute atomic E-state index is 0.0519. The molecule has 1 aromatic carbocycles. The van der Waals surface area contributed by atoms with Gasteiger partial charge in [0.25, 0.3) is 0 Å². The third-order valence-electron chi connectivity index (χ3n) is 5.30. The molecule has 0 spiro atoms. The minimum atomic E-state index is -0.476. The molecule has 1 aromatic rings. The zero-order valence-corrected chi connectivity index (χ0v) is 15.8. The maximum absolute atomic E-state index is 13.8. The van der Waals surface area contributed by atoms with Gasteiger partial charge in [-0.05, 0) is 44.4 Å². The highest BCUT2D eigenvalue weighted by molar-refractivity contribution is 5.81. The second-order valence-electron chi connectivity index (χ2n) is 7.33. The van der Waals surface area contributed by atoms with Gasteiger partial charge in [0.05, 0.1) is 6.54 Å². The van der Waals surface area contributed by atoms with Crippen molar-refractivity contribution in [3.05, 3.63) is 35.4 Å². The van der Waals surface area contributed by atoms with Crippen LogP contribution in [0.15, 0.2) is 23.2 Å². The van der Waals surface area contributed by atoms with Crippen LogP contribution in [0.2, 0.25) is 0 Å². The molecule has 5 nitrogen and oxygen atoms in total. The number of halogens is 2. The molecule has 1 amide bonds. The number of carbonyl (C=O) groups is 1. The summed E-state index contributed by atoms with van der Waals surface area (Å²) < 4.78 is 27.1. The van der Waals surface area contributed by atoms with Crippen LogP contribution < -0.4 is 10.6 Å². The fourth-order valence-electron chi connectivity index (χ4n) is 3.85. The molecule has 148 valence electrons. The van der Waals surface area contributed by atoms with Gasteiger partial charge in [0.2, 0.25) is 5.91 Å². The van der Waals surface area contributed by atoms with E-state index in [2.05, 4.69) is 15.6 Å². The lowest BCUT2D eigenvalue weighted by Gasteiger charge is -2.21. The summed E-state index contributed by atoms with van der Waals surface area (Å²) >= 11 is 0. The second-order valence-corrected chi connectivity index (χ2v) is 7.33. The second kappa shape index (κ2) is 9.15. The summed E-state index contributed by atoms with van der Waals surface area (Å²) in [5, 5.41) is 6.46. The van der Waals surface area contributed by atoms with E-state index in [-0.39, 0.29) is 30.0 Å². The van der Waals surface area contributed by atoms with E-state index in [1.54, 1.807) is 0 Å². The van der Waals surface area contributed by atoms with Crippen LogP contribution in [0.4, 0.5) is 8.78 Å². The van der Waals surface area contributed by atoms with Gasteiger partial charge in [0, 0.05) is 37.2 Å². The van der Waals surface area contributed by atoms with Crippen LogP contribution in [-0.2, 0) is 11.3 Å². The molecule has 1 heterocycles. The number of guanidine groups is 1. The van der Waals surface area contributed by atoms with Gasteiger partial charge in [-0.25, -0.2) is 13.8 Å². The highest BCUT2D eigenvalue weighted by Gasteiger charge is 2.32. The molecule has 2 aliphatic rings. The summed E-state index contributed by atoms with van der Waals surface area (Å²) in [4.78, 5) is 18.9. The van der Waals surface area contributed by atoms with Gasteiger partial charge in [-0.15, -0.1) is 0 Å². The molecule has 0 bridgehead atoms. The fraction of sp³-hybridized carbons (Fsp3) is 0.600. The summed E-state index contributed by atoms with van der Waals surface area (Å²) in [6.45, 7) is 4.08. The van der Waals surface area contributed by atoms with Gasteiger partial charge in [0.1, 0.15) is 11.6 Å². The molecule has 1 aliphatic heterocycles. The van der Waals surface area contributed by atoms with Crippen molar-refractivity contribution in [3.8, 4) is 0 Å². The molecule has 3 rings (SSSR count). The van der Waals surface area contributed by atoms with E-state index in [0.29, 0.717) is 19.0 Å². The number of nitrogens with zero attached hydrogens (tertiary/aromatic N) is 2. The van der Waals surface area contributed by atoms with Gasteiger partial charge >= 0.3 is 0 Å². The monoisotopic (exact) mass is 378 g/mol. The first-order valence-electron chi connectivity index (χ1n) is 9.84. The van der Waals surface area contributed by atoms with Gasteiger partial charge in [-0.2, -0.15) is 0 Å². The number of aliphatic imine (C=N–C) groups is 1. The lowest BCUT2D eigenvalue weighted by Crippen LogP contribution is -2.45. The summed E-state index contributed by atoms with van der Waals surface area (Å²) in [5.41, 5.74) is 0.219. The van der Waals surface area contributed by atoms with Crippen LogP contribution >= 0.6 is 0 Å². The number of rotatable bonds is 5. The van der Waals surface area contributed by atoms with Crippen LogP contribution in [0.5, 0.6) is 0 Å². The largest absolute Gasteiger partial charge is 0.357 e. The van der Waals surface area contributed by atoms with Crippen LogP contribution in [0.1, 0.15) is 44.6 Å². The maximum atomic E-state index is 13.8. The zero-order chi connectivity index (χ0) is 19.2. The molecule has 1 aliphatic carbocycles. The molecule has 2 N–H and O–H groups in total. The number of hydrogen-bond acceptors (Lipinski definition) is 2. The third-order valence-corrected chi connectivity index (χ3v) is 5.30. The molecule has 7 heteroatoms. The van der Waals surface area contributed by atoms with Crippen LogP contribution in [0.3, 0.4) is 0 Å². The molecule has 1 atom stereocenters. The Hall–Kier alpha value is -2.18. The Morgan fingerprint density at radius 1 is 1.26 bits per heavy atom. The molecule has 27 heavy (non-hydrogen) atoms. The summed E-state index contributed by atoms with van der Waals surface area (Å²) in [6.07, 6.45) is 5.18. The van der Waals surface area contributed by atoms with Gasteiger partial charge in [0.15, 0.2) is 5.96 Å². The Labute approximate surface area is 159 Å². The maximum Gasteiger partial charge on any atom is 0.225 e. The lowest BCUT2D eigenvalue weighted by molar-refractivity contribution is -0.134. The van der Waals surface area contributed by atoms with E-state index >= 15 is 0 Å². The van der Waals surface area contributed by atoms with E-state index in [4.69, 9.17) is 0 Å². The Bertz CT molecular complexity index is 689. The van der Waals surface area contributed by atoms with Gasteiger partial charge < -0.3 is 15.5 Å². The van der Waals surface area contributed by atoms with Crippen molar-refractivity contribution in [2.75, 3.05) is 19.6 Å². The lowest BCUT2D eigenvalue weighted by atomic mass is 10.1. The van der Waals surface area contributed by atoms with Crippen molar-refractivity contribution in [1.82, 2.24) is 15.5 Å². The van der Waals surface area contributed by atoms with Crippen LogP contribution in [0.25, 0.3) is 0 Å². The number of carbonyl (C=O) groups excluding carboxylic acids is 1. The first kappa shape index (κ1) is 19.6. The number of benzene rings is 1. The summed E-state index contributed by atoms with van der Waals surface area (Å²) in [5.74, 6) is 0.0881. The zero-order valence-electron chi connectivity index (χ0n) is 15.8. The Balaban J connectivity index is 1.57. The molecular formula is C20H28F2N4O. The predicted molar refractivity (Wildman–Crippen MR) is 101 cm³/mol. The average molecular weight is 378 g/mol. The first-order valence-corrected chi connectivity index (χ1v) is 9.84. The molecule has 1 saturated heterocycles. The summed E-state index contributed by atoms with van der Waals surface area (Å²) in [7, 11) is 0. The highest BCUT2D eigenvalue weighted by atomic mass is 19.1. The molecular weight excluding hydrogens is 350 g/mol. The number of likely N-dealkylation sites (tertiary alicyclic amines) is 1. The number of hydrogen-bond donors (Lipinski definition) is 2. The standard InChI is InChI=1S/C20H28F2N4O/c1-2-23-20(24-12-15-11-16(21)7-8-18(15)22)25-17-9-10-26(13-17)19(27)14-5-3-4-6-14/h7-8,11,14,17H,2-6,9-10,12-13H2,1H3,(H2,23,24,25). The SMILES string of the molecule is CCNC(=NCc1cc(F)ccc1F)NC1CCN(C(=O)C2CCCC2)C1. The topological polar surface area (TPSA) is 56.7 Å². The van der Waals surface area contributed by atoms with Crippen molar-refractivity contribution in [2.45, 2.75) is 51.6 Å². The third kappa shape index (κ3) is 5.17. The Kier molecular flexibility index (Phi) is 6.63. The van der Waals surface area contributed by atoms with Crippen LogP contribution in [-0.4, -0.2) is 42.4 Å². The van der Waals surface area contributed by atoms with Crippen molar-refractivity contribution < 1.29 is 13.6 Å². The van der Waals surface area contributed by atoms with Crippen molar-refractivity contribution >= 4 is 11.9 Å². The molecule has 1 unspecified atom stereocenters. The fourth-order valence-corrected chi connectivity index (χ4v) is 3.85. The Morgan fingerprint density at radius 2 is 2.04 bits per heavy atom. The highest BCUT2D eigenvalue weighted by Crippen LogP contribution is 2.27. The molecule has 0 radical (unpaired) electrons. The van der Waals surface area contributed by atoms with Gasteiger partial charge in [-0.1, -0.05) is 12.8 Å². The van der Waals surface area contributed by atoms with Crippen LogP contribution in [0, 0.1) is 17.6 Å². The van der Waals surface area contributed by atoms with E-state index < -0.39 is 11.6 Å². The van der Waals surface area contributed by atoms with E-state index in [0.717, 1.165) is 50.8 Å². The van der Waals surface area contributed by atoms with Crippen molar-refractivity contribution in [2.24, 2.45) is 10.9 Å². The Morgan fingerprint density at radius 3 is 2.78 bits per heavy atom. The van der Waals surface area contributed by atoms with E-state index in [9.17, 15) is 13.6 Å². The van der Waals surface area contributed by atoms with Crippen molar-refractivity contribution in [1.29, 1.82) is 0 Å². The van der Waals surface area contributed by atoms with E-state index in [1.807, 2.05) is 11.8 Å². The van der Waals surface area contributed by atoms with Crippen molar-refractivity contribution in [3.63, 3.8) is 0 Å². The summed E-state index contributed by atoms with van der Waals surface area (Å²) in [6, 6.07) is 3.50. The minimum Gasteiger partial charge on any atom is -0.357 e. The average Bonchev–Trinajstić information content (AvgIpc) is 3.34. The molecule has 0 aromatic heterocycles. The molecule has 2 fully saturated rings. The van der Waals surface area contributed by atoms with E-state index in [1.165, 1.54) is 6.07 Å². The number of nitrogens with one attached hydrogen (secondary N) is 2. The predicted octanol–water partition coefficient (Wildman–Crippen LogP) is 2.81. The number of amides is 1. The first-order chi connectivity index (χ1) is 13.1. The van der Waals surface area contributed by atoms with Gasteiger partial charge in [-0.3, -0.25) is 4.79 Å².